The van der Waals surface area contributed by atoms with Crippen LogP contribution in [0.4, 0.5) is 0 Å². The predicted molar refractivity (Wildman–Crippen MR) is 65.0 cm³/mol. The van der Waals surface area contributed by atoms with Gasteiger partial charge in [0.05, 0.1) is 0 Å². The van der Waals surface area contributed by atoms with Crippen LogP contribution in [0.1, 0.15) is 33.6 Å². The number of hydrogen-bond acceptors (Lipinski definition) is 2. The lowest BCUT2D eigenvalue weighted by molar-refractivity contribution is 0.151. The first-order chi connectivity index (χ1) is 7.16. The van der Waals surface area contributed by atoms with E-state index in [1.807, 2.05) is 0 Å². The zero-order valence-corrected chi connectivity index (χ0v) is 10.5. The van der Waals surface area contributed by atoms with Crippen LogP contribution in [0.25, 0.3) is 0 Å². The van der Waals surface area contributed by atoms with Gasteiger partial charge in [-0.1, -0.05) is 20.8 Å². The Balaban J connectivity index is 1.76. The van der Waals surface area contributed by atoms with Gasteiger partial charge in [0.1, 0.15) is 0 Å². The van der Waals surface area contributed by atoms with Gasteiger partial charge in [0.25, 0.3) is 0 Å². The van der Waals surface area contributed by atoms with Crippen molar-refractivity contribution >= 4 is 0 Å². The van der Waals surface area contributed by atoms with Crippen molar-refractivity contribution in [3.8, 4) is 0 Å². The summed E-state index contributed by atoms with van der Waals surface area (Å²) in [5, 5.41) is 3.62. The SMILES string of the molecule is CC(C)C1CN(CC(C)C2CC2)CCN1. The quantitative estimate of drug-likeness (QED) is 0.763. The van der Waals surface area contributed by atoms with Gasteiger partial charge < -0.3 is 10.2 Å². The summed E-state index contributed by atoms with van der Waals surface area (Å²) in [6.07, 6.45) is 2.97. The molecule has 0 aromatic rings. The number of nitrogens with one attached hydrogen (secondary N) is 1. The molecule has 2 fully saturated rings. The maximum atomic E-state index is 3.62. The van der Waals surface area contributed by atoms with Gasteiger partial charge in [-0.05, 0) is 30.6 Å². The van der Waals surface area contributed by atoms with Crippen molar-refractivity contribution in [2.75, 3.05) is 26.2 Å². The Bertz CT molecular complexity index is 197. The maximum absolute atomic E-state index is 3.62. The van der Waals surface area contributed by atoms with Crippen LogP contribution < -0.4 is 5.32 Å². The molecule has 1 heterocycles. The third kappa shape index (κ3) is 3.18. The van der Waals surface area contributed by atoms with Gasteiger partial charge in [0.2, 0.25) is 0 Å². The topological polar surface area (TPSA) is 15.3 Å². The van der Waals surface area contributed by atoms with E-state index in [1.165, 1.54) is 39.0 Å². The average Bonchev–Trinajstić information content (AvgIpc) is 3.01. The minimum absolute atomic E-state index is 0.713. The fourth-order valence-electron chi connectivity index (χ4n) is 2.68. The minimum Gasteiger partial charge on any atom is -0.311 e. The molecule has 1 aliphatic carbocycles. The second-order valence-electron chi connectivity index (χ2n) is 5.88. The first-order valence-electron chi connectivity index (χ1n) is 6.62. The van der Waals surface area contributed by atoms with Crippen LogP contribution in [0, 0.1) is 17.8 Å². The Hall–Kier alpha value is -0.0800. The normalized spacial score (nSPS) is 30.8. The maximum Gasteiger partial charge on any atom is 0.0218 e. The Kier molecular flexibility index (Phi) is 3.68. The summed E-state index contributed by atoms with van der Waals surface area (Å²) >= 11 is 0. The molecular weight excluding hydrogens is 184 g/mol. The molecule has 1 saturated carbocycles. The molecule has 0 spiro atoms. The molecule has 2 heteroatoms. The Morgan fingerprint density at radius 2 is 2.00 bits per heavy atom. The molecule has 0 amide bonds. The van der Waals surface area contributed by atoms with Crippen LogP contribution in [-0.2, 0) is 0 Å². The van der Waals surface area contributed by atoms with E-state index < -0.39 is 0 Å². The van der Waals surface area contributed by atoms with Crippen LogP contribution in [0.5, 0.6) is 0 Å². The van der Waals surface area contributed by atoms with Crippen molar-refractivity contribution in [2.24, 2.45) is 17.8 Å². The molecule has 1 N–H and O–H groups in total. The van der Waals surface area contributed by atoms with Crippen molar-refractivity contribution in [1.82, 2.24) is 10.2 Å². The smallest absolute Gasteiger partial charge is 0.0218 e. The Morgan fingerprint density at radius 3 is 2.60 bits per heavy atom. The molecular formula is C13H26N2. The van der Waals surface area contributed by atoms with Gasteiger partial charge >= 0.3 is 0 Å². The molecule has 2 aliphatic rings. The van der Waals surface area contributed by atoms with Gasteiger partial charge in [-0.2, -0.15) is 0 Å². The third-order valence-electron chi connectivity index (χ3n) is 4.07. The van der Waals surface area contributed by atoms with Crippen LogP contribution in [0.2, 0.25) is 0 Å². The van der Waals surface area contributed by atoms with E-state index in [0.717, 1.165) is 17.8 Å². The monoisotopic (exact) mass is 210 g/mol. The molecule has 0 bridgehead atoms. The highest BCUT2D eigenvalue weighted by atomic mass is 15.2. The van der Waals surface area contributed by atoms with E-state index in [9.17, 15) is 0 Å². The highest BCUT2D eigenvalue weighted by molar-refractivity contribution is 4.85. The summed E-state index contributed by atoms with van der Waals surface area (Å²) < 4.78 is 0. The lowest BCUT2D eigenvalue weighted by Crippen LogP contribution is -2.53. The van der Waals surface area contributed by atoms with E-state index in [4.69, 9.17) is 0 Å². The van der Waals surface area contributed by atoms with Gasteiger partial charge in [-0.15, -0.1) is 0 Å². The average molecular weight is 210 g/mol. The van der Waals surface area contributed by atoms with Crippen molar-refractivity contribution in [1.29, 1.82) is 0 Å². The Labute approximate surface area is 94.4 Å². The van der Waals surface area contributed by atoms with Gasteiger partial charge in [-0.25, -0.2) is 0 Å². The molecule has 2 atom stereocenters. The van der Waals surface area contributed by atoms with Gasteiger partial charge in [-0.3, -0.25) is 0 Å². The summed E-state index contributed by atoms with van der Waals surface area (Å²) in [5.74, 6) is 2.75. The third-order valence-corrected chi connectivity index (χ3v) is 4.07. The van der Waals surface area contributed by atoms with Crippen LogP contribution >= 0.6 is 0 Å². The minimum atomic E-state index is 0.713. The van der Waals surface area contributed by atoms with Gasteiger partial charge in [0.15, 0.2) is 0 Å². The highest BCUT2D eigenvalue weighted by Crippen LogP contribution is 2.36. The summed E-state index contributed by atoms with van der Waals surface area (Å²) in [4.78, 5) is 2.67. The second kappa shape index (κ2) is 4.84. The van der Waals surface area contributed by atoms with Crippen LogP contribution in [-0.4, -0.2) is 37.1 Å². The molecule has 1 saturated heterocycles. The van der Waals surface area contributed by atoms with E-state index in [2.05, 4.69) is 31.0 Å². The zero-order valence-electron chi connectivity index (χ0n) is 10.5. The number of hydrogen-bond donors (Lipinski definition) is 1. The second-order valence-corrected chi connectivity index (χ2v) is 5.88. The molecule has 15 heavy (non-hydrogen) atoms. The van der Waals surface area contributed by atoms with Crippen LogP contribution in [0.3, 0.4) is 0 Å². The number of piperazine rings is 1. The predicted octanol–water partition coefficient (Wildman–Crippen LogP) is 1.96. The number of rotatable bonds is 4. The fourth-order valence-corrected chi connectivity index (χ4v) is 2.68. The largest absolute Gasteiger partial charge is 0.311 e. The summed E-state index contributed by atoms with van der Waals surface area (Å²) in [6, 6.07) is 0.713. The summed E-state index contributed by atoms with van der Waals surface area (Å²) in [6.45, 7) is 12.1. The molecule has 0 aromatic heterocycles. The number of nitrogens with zero attached hydrogens (tertiary/aromatic N) is 1. The molecule has 88 valence electrons. The first kappa shape index (κ1) is 11.4. The van der Waals surface area contributed by atoms with Crippen molar-refractivity contribution in [3.63, 3.8) is 0 Å². The summed E-state index contributed by atoms with van der Waals surface area (Å²) in [7, 11) is 0. The Morgan fingerprint density at radius 1 is 1.27 bits per heavy atom. The lowest BCUT2D eigenvalue weighted by atomic mass is 10.00. The lowest BCUT2D eigenvalue weighted by Gasteiger charge is -2.37. The fraction of sp³-hybridized carbons (Fsp3) is 1.00. The highest BCUT2D eigenvalue weighted by Gasteiger charge is 2.30. The van der Waals surface area contributed by atoms with E-state index >= 15 is 0 Å². The van der Waals surface area contributed by atoms with Crippen molar-refractivity contribution < 1.29 is 0 Å². The summed E-state index contributed by atoms with van der Waals surface area (Å²) in [5.41, 5.74) is 0. The molecule has 1 aliphatic heterocycles. The van der Waals surface area contributed by atoms with E-state index in [-0.39, 0.29) is 0 Å². The molecule has 0 aromatic carbocycles. The first-order valence-corrected chi connectivity index (χ1v) is 6.62. The van der Waals surface area contributed by atoms with Crippen molar-refractivity contribution in [2.45, 2.75) is 39.7 Å². The molecule has 2 unspecified atom stereocenters. The van der Waals surface area contributed by atoms with Crippen molar-refractivity contribution in [3.05, 3.63) is 0 Å². The standard InChI is InChI=1S/C13H26N2/c1-10(2)13-9-15(7-6-14-13)8-11(3)12-4-5-12/h10-14H,4-9H2,1-3H3. The van der Waals surface area contributed by atoms with E-state index in [0.29, 0.717) is 6.04 Å². The molecule has 2 rings (SSSR count). The van der Waals surface area contributed by atoms with Crippen LogP contribution in [0.15, 0.2) is 0 Å². The molecule has 0 radical (unpaired) electrons. The zero-order chi connectivity index (χ0) is 10.8. The van der Waals surface area contributed by atoms with Gasteiger partial charge in [0, 0.05) is 32.2 Å². The van der Waals surface area contributed by atoms with E-state index in [1.54, 1.807) is 0 Å². The molecule has 2 nitrogen and oxygen atoms in total.